The topological polar surface area (TPSA) is 52.7 Å². The van der Waals surface area contributed by atoms with Gasteiger partial charge in [-0.1, -0.05) is 39.0 Å². The van der Waals surface area contributed by atoms with Gasteiger partial charge in [0.15, 0.2) is 0 Å². The number of carbonyl (C=O) groups excluding carboxylic acids is 2. The van der Waals surface area contributed by atoms with Crippen LogP contribution in [-0.4, -0.2) is 54.3 Å². The van der Waals surface area contributed by atoms with Crippen LogP contribution >= 0.6 is 0 Å². The minimum atomic E-state index is -0.206. The number of carbonyl (C=O) groups is 2. The van der Waals surface area contributed by atoms with E-state index < -0.39 is 0 Å². The van der Waals surface area contributed by atoms with Crippen LogP contribution in [0.5, 0.6) is 0 Å². The second-order valence-corrected chi connectivity index (χ2v) is 7.54. The lowest BCUT2D eigenvalue weighted by Gasteiger charge is -2.34. The van der Waals surface area contributed by atoms with Gasteiger partial charge in [0.25, 0.3) is 11.8 Å². The molecule has 1 saturated heterocycles. The van der Waals surface area contributed by atoms with Crippen molar-refractivity contribution in [3.05, 3.63) is 65.2 Å². The third kappa shape index (κ3) is 4.78. The lowest BCUT2D eigenvalue weighted by atomic mass is 10.0. The van der Waals surface area contributed by atoms with Crippen molar-refractivity contribution in [3.8, 4) is 0 Å². The minimum absolute atomic E-state index is 0.00770. The molecule has 1 heterocycles. The maximum absolute atomic E-state index is 12.8. The maximum Gasteiger partial charge on any atom is 0.255 e. The first kappa shape index (κ1) is 20.1. The minimum Gasteiger partial charge on any atom is -0.336 e. The van der Waals surface area contributed by atoms with Crippen molar-refractivity contribution >= 4 is 17.5 Å². The van der Waals surface area contributed by atoms with E-state index in [9.17, 15) is 9.59 Å². The van der Waals surface area contributed by atoms with Crippen molar-refractivity contribution in [2.45, 2.75) is 26.7 Å². The zero-order chi connectivity index (χ0) is 20.1. The van der Waals surface area contributed by atoms with Crippen molar-refractivity contribution in [1.29, 1.82) is 0 Å². The first-order valence-electron chi connectivity index (χ1n) is 10.0. The summed E-state index contributed by atoms with van der Waals surface area (Å²) in [5, 5.41) is 2.91. The van der Waals surface area contributed by atoms with Crippen LogP contribution in [0.2, 0.25) is 0 Å². The number of likely N-dealkylation sites (N-methyl/N-ethyl adjacent to an activating group) is 1. The first-order valence-corrected chi connectivity index (χ1v) is 10.0. The van der Waals surface area contributed by atoms with Crippen LogP contribution in [0.25, 0.3) is 0 Å². The van der Waals surface area contributed by atoms with Crippen LogP contribution in [-0.2, 0) is 0 Å². The van der Waals surface area contributed by atoms with E-state index in [-0.39, 0.29) is 11.8 Å². The Kier molecular flexibility index (Phi) is 6.47. The number of anilines is 1. The molecular formula is C23H29N3O2. The molecule has 148 valence electrons. The summed E-state index contributed by atoms with van der Waals surface area (Å²) in [7, 11) is 0. The van der Waals surface area contributed by atoms with E-state index in [1.165, 1.54) is 5.56 Å². The number of amides is 2. The first-order chi connectivity index (χ1) is 13.5. The van der Waals surface area contributed by atoms with Gasteiger partial charge < -0.3 is 15.1 Å². The highest BCUT2D eigenvalue weighted by molar-refractivity contribution is 6.06. The van der Waals surface area contributed by atoms with Gasteiger partial charge in [0, 0.05) is 43.0 Å². The van der Waals surface area contributed by atoms with Gasteiger partial charge in [-0.3, -0.25) is 9.59 Å². The molecule has 0 bridgehead atoms. The lowest BCUT2D eigenvalue weighted by molar-refractivity contribution is 0.0643. The Morgan fingerprint density at radius 1 is 0.964 bits per heavy atom. The van der Waals surface area contributed by atoms with Crippen LogP contribution in [0.4, 0.5) is 5.69 Å². The molecule has 1 N–H and O–H groups in total. The van der Waals surface area contributed by atoms with E-state index in [0.717, 1.165) is 38.4 Å². The van der Waals surface area contributed by atoms with E-state index in [1.54, 1.807) is 24.3 Å². The fourth-order valence-corrected chi connectivity index (χ4v) is 3.40. The standard InChI is InChI=1S/C23H29N3O2/c1-4-25-12-14-26(15-13-25)23(28)20-7-5-6-19(16-20)22(27)24-21-10-8-18(9-11-21)17(2)3/h5-11,16-17H,4,12-15H2,1-3H3,(H,24,27). The number of nitrogens with one attached hydrogen (secondary N) is 1. The second-order valence-electron chi connectivity index (χ2n) is 7.54. The molecule has 0 unspecified atom stereocenters. The largest absolute Gasteiger partial charge is 0.336 e. The summed E-state index contributed by atoms with van der Waals surface area (Å²) in [6, 6.07) is 14.8. The quantitative estimate of drug-likeness (QED) is 0.859. The molecule has 1 fully saturated rings. The van der Waals surface area contributed by atoms with Crippen molar-refractivity contribution in [1.82, 2.24) is 9.80 Å². The molecule has 3 rings (SSSR count). The Bertz CT molecular complexity index is 822. The van der Waals surface area contributed by atoms with Gasteiger partial charge in [0.2, 0.25) is 0 Å². The molecule has 2 amide bonds. The summed E-state index contributed by atoms with van der Waals surface area (Å²) in [4.78, 5) is 29.6. The van der Waals surface area contributed by atoms with Crippen molar-refractivity contribution in [3.63, 3.8) is 0 Å². The molecule has 0 aliphatic carbocycles. The van der Waals surface area contributed by atoms with E-state index in [0.29, 0.717) is 17.0 Å². The summed E-state index contributed by atoms with van der Waals surface area (Å²) < 4.78 is 0. The summed E-state index contributed by atoms with van der Waals surface area (Å²) in [6.45, 7) is 10.7. The number of nitrogens with zero attached hydrogens (tertiary/aromatic N) is 2. The van der Waals surface area contributed by atoms with Gasteiger partial charge in [-0.2, -0.15) is 0 Å². The van der Waals surface area contributed by atoms with Crippen LogP contribution in [0.3, 0.4) is 0 Å². The highest BCUT2D eigenvalue weighted by atomic mass is 16.2. The number of hydrogen-bond donors (Lipinski definition) is 1. The third-order valence-electron chi connectivity index (χ3n) is 5.31. The number of rotatable bonds is 5. The molecular weight excluding hydrogens is 350 g/mol. The van der Waals surface area contributed by atoms with Gasteiger partial charge in [0.05, 0.1) is 0 Å². The van der Waals surface area contributed by atoms with E-state index in [2.05, 4.69) is 31.0 Å². The third-order valence-corrected chi connectivity index (χ3v) is 5.31. The molecule has 1 aliphatic rings. The molecule has 2 aromatic rings. The highest BCUT2D eigenvalue weighted by Gasteiger charge is 2.22. The Labute approximate surface area is 167 Å². The zero-order valence-corrected chi connectivity index (χ0v) is 16.9. The summed E-state index contributed by atoms with van der Waals surface area (Å²) in [6.07, 6.45) is 0. The van der Waals surface area contributed by atoms with E-state index in [4.69, 9.17) is 0 Å². The monoisotopic (exact) mass is 379 g/mol. The molecule has 0 atom stereocenters. The van der Waals surface area contributed by atoms with Crippen LogP contribution in [0, 0.1) is 0 Å². The Hall–Kier alpha value is -2.66. The summed E-state index contributed by atoms with van der Waals surface area (Å²) in [5.41, 5.74) is 3.04. The van der Waals surface area contributed by atoms with Crippen molar-refractivity contribution in [2.24, 2.45) is 0 Å². The van der Waals surface area contributed by atoms with Crippen LogP contribution in [0.1, 0.15) is 53.0 Å². The van der Waals surface area contributed by atoms with Gasteiger partial charge in [0.1, 0.15) is 0 Å². The molecule has 0 saturated carbocycles. The Morgan fingerprint density at radius 3 is 2.21 bits per heavy atom. The van der Waals surface area contributed by atoms with Crippen molar-refractivity contribution < 1.29 is 9.59 Å². The summed E-state index contributed by atoms with van der Waals surface area (Å²) in [5.74, 6) is 0.237. The predicted octanol–water partition coefficient (Wildman–Crippen LogP) is 3.84. The van der Waals surface area contributed by atoms with E-state index in [1.807, 2.05) is 29.2 Å². The fraction of sp³-hybridized carbons (Fsp3) is 0.391. The van der Waals surface area contributed by atoms with Gasteiger partial charge in [-0.25, -0.2) is 0 Å². The lowest BCUT2D eigenvalue weighted by Crippen LogP contribution is -2.48. The average Bonchev–Trinajstić information content (AvgIpc) is 2.73. The molecule has 0 radical (unpaired) electrons. The molecule has 5 heteroatoms. The average molecular weight is 380 g/mol. The highest BCUT2D eigenvalue weighted by Crippen LogP contribution is 2.18. The van der Waals surface area contributed by atoms with Crippen LogP contribution in [0.15, 0.2) is 48.5 Å². The molecule has 2 aromatic carbocycles. The Morgan fingerprint density at radius 2 is 1.61 bits per heavy atom. The maximum atomic E-state index is 12.8. The Balaban J connectivity index is 1.66. The van der Waals surface area contributed by atoms with Gasteiger partial charge >= 0.3 is 0 Å². The smallest absolute Gasteiger partial charge is 0.255 e. The predicted molar refractivity (Wildman–Crippen MR) is 113 cm³/mol. The zero-order valence-electron chi connectivity index (χ0n) is 16.9. The number of piperazine rings is 1. The van der Waals surface area contributed by atoms with Gasteiger partial charge in [-0.05, 0) is 48.4 Å². The molecule has 1 aliphatic heterocycles. The van der Waals surface area contributed by atoms with E-state index >= 15 is 0 Å². The number of benzene rings is 2. The SMILES string of the molecule is CCN1CCN(C(=O)c2cccc(C(=O)Nc3ccc(C(C)C)cc3)c2)CC1. The fourth-order valence-electron chi connectivity index (χ4n) is 3.40. The van der Waals surface area contributed by atoms with Gasteiger partial charge in [-0.15, -0.1) is 0 Å². The molecule has 0 aromatic heterocycles. The normalized spacial score (nSPS) is 14.9. The summed E-state index contributed by atoms with van der Waals surface area (Å²) >= 11 is 0. The molecule has 0 spiro atoms. The van der Waals surface area contributed by atoms with Crippen LogP contribution < -0.4 is 5.32 Å². The second kappa shape index (κ2) is 9.02. The van der Waals surface area contributed by atoms with Crippen molar-refractivity contribution in [2.75, 3.05) is 38.0 Å². The molecule has 5 nitrogen and oxygen atoms in total. The number of hydrogen-bond acceptors (Lipinski definition) is 3. The molecule has 28 heavy (non-hydrogen) atoms.